The largest absolute Gasteiger partial charge is 0.305 e. The second-order valence-electron chi connectivity index (χ2n) is 4.78. The Balaban J connectivity index is 2.13. The molecule has 0 radical (unpaired) electrons. The summed E-state index contributed by atoms with van der Waals surface area (Å²) in [5.74, 6) is 0.679. The van der Waals surface area contributed by atoms with Gasteiger partial charge in [0.1, 0.15) is 0 Å². The Bertz CT molecular complexity index is 604. The third-order valence-corrected chi connectivity index (χ3v) is 3.31. The normalized spacial score (nSPS) is 10.8. The lowest BCUT2D eigenvalue weighted by atomic mass is 10.1. The standard InChI is InChI=1S/C14H16ClN3O/c1-8(2)12-7-13(18-17-12)16-14(19)10-4-5-11(15)9(3)6-10/h4-8H,1-3H3,(H2,16,17,18,19). The van der Waals surface area contributed by atoms with Crippen molar-refractivity contribution in [3.8, 4) is 0 Å². The number of nitrogens with zero attached hydrogens (tertiary/aromatic N) is 1. The van der Waals surface area contributed by atoms with Crippen LogP contribution >= 0.6 is 11.6 Å². The van der Waals surface area contributed by atoms with E-state index in [2.05, 4.69) is 29.4 Å². The minimum Gasteiger partial charge on any atom is -0.305 e. The van der Waals surface area contributed by atoms with Gasteiger partial charge in [-0.2, -0.15) is 5.10 Å². The van der Waals surface area contributed by atoms with Crippen molar-refractivity contribution in [2.24, 2.45) is 0 Å². The fourth-order valence-electron chi connectivity index (χ4n) is 1.67. The van der Waals surface area contributed by atoms with Gasteiger partial charge in [0, 0.05) is 22.3 Å². The number of carbonyl (C=O) groups excluding carboxylic acids is 1. The number of hydrogen-bond donors (Lipinski definition) is 2. The van der Waals surface area contributed by atoms with E-state index in [1.54, 1.807) is 18.2 Å². The van der Waals surface area contributed by atoms with Gasteiger partial charge in [-0.15, -0.1) is 0 Å². The first-order chi connectivity index (χ1) is 8.97. The lowest BCUT2D eigenvalue weighted by Gasteiger charge is -2.04. The van der Waals surface area contributed by atoms with Gasteiger partial charge in [-0.1, -0.05) is 25.4 Å². The van der Waals surface area contributed by atoms with Gasteiger partial charge in [0.05, 0.1) is 0 Å². The van der Waals surface area contributed by atoms with Gasteiger partial charge in [0.15, 0.2) is 5.82 Å². The van der Waals surface area contributed by atoms with Gasteiger partial charge in [0.25, 0.3) is 5.91 Å². The number of anilines is 1. The summed E-state index contributed by atoms with van der Waals surface area (Å²) in [7, 11) is 0. The number of aryl methyl sites for hydroxylation is 1. The van der Waals surface area contributed by atoms with Crippen LogP contribution in [0, 0.1) is 6.92 Å². The highest BCUT2D eigenvalue weighted by atomic mass is 35.5. The SMILES string of the molecule is Cc1cc(C(=O)Nc2cc(C(C)C)[nH]n2)ccc1Cl. The Morgan fingerprint density at radius 3 is 2.68 bits per heavy atom. The summed E-state index contributed by atoms with van der Waals surface area (Å²) in [6, 6.07) is 7.01. The number of nitrogens with one attached hydrogen (secondary N) is 2. The van der Waals surface area contributed by atoms with Crippen molar-refractivity contribution in [2.45, 2.75) is 26.7 Å². The van der Waals surface area contributed by atoms with Crippen molar-refractivity contribution in [1.82, 2.24) is 10.2 Å². The van der Waals surface area contributed by atoms with Crippen LogP contribution in [0.4, 0.5) is 5.82 Å². The summed E-state index contributed by atoms with van der Waals surface area (Å²) in [4.78, 5) is 12.0. The highest BCUT2D eigenvalue weighted by molar-refractivity contribution is 6.31. The van der Waals surface area contributed by atoms with Gasteiger partial charge >= 0.3 is 0 Å². The maximum absolute atomic E-state index is 12.0. The van der Waals surface area contributed by atoms with Crippen molar-refractivity contribution in [1.29, 1.82) is 0 Å². The lowest BCUT2D eigenvalue weighted by molar-refractivity contribution is 0.102. The molecule has 0 aliphatic rings. The summed E-state index contributed by atoms with van der Waals surface area (Å²) >= 11 is 5.93. The first-order valence-corrected chi connectivity index (χ1v) is 6.48. The molecule has 0 atom stereocenters. The average molecular weight is 278 g/mol. The molecule has 0 unspecified atom stereocenters. The Morgan fingerprint density at radius 1 is 1.37 bits per heavy atom. The van der Waals surface area contributed by atoms with E-state index < -0.39 is 0 Å². The molecule has 19 heavy (non-hydrogen) atoms. The fourth-order valence-corrected chi connectivity index (χ4v) is 1.79. The highest BCUT2D eigenvalue weighted by Crippen LogP contribution is 2.18. The van der Waals surface area contributed by atoms with Crippen LogP contribution in [0.15, 0.2) is 24.3 Å². The molecule has 0 saturated heterocycles. The smallest absolute Gasteiger partial charge is 0.256 e. The quantitative estimate of drug-likeness (QED) is 0.898. The summed E-state index contributed by atoms with van der Waals surface area (Å²) < 4.78 is 0. The zero-order valence-electron chi connectivity index (χ0n) is 11.1. The maximum atomic E-state index is 12.0. The molecular weight excluding hydrogens is 262 g/mol. The van der Waals surface area contributed by atoms with Crippen LogP contribution < -0.4 is 5.32 Å². The lowest BCUT2D eigenvalue weighted by Crippen LogP contribution is -2.12. The molecule has 1 aromatic carbocycles. The van der Waals surface area contributed by atoms with Crippen molar-refractivity contribution in [3.05, 3.63) is 46.1 Å². The summed E-state index contributed by atoms with van der Waals surface area (Å²) in [6.07, 6.45) is 0. The number of aromatic nitrogens is 2. The number of halogens is 1. The van der Waals surface area contributed by atoms with Crippen molar-refractivity contribution < 1.29 is 4.79 Å². The molecule has 0 aliphatic heterocycles. The number of rotatable bonds is 3. The molecule has 2 aromatic rings. The summed E-state index contributed by atoms with van der Waals surface area (Å²) in [5, 5.41) is 10.4. The second-order valence-corrected chi connectivity index (χ2v) is 5.19. The van der Waals surface area contributed by atoms with Crippen molar-refractivity contribution in [2.75, 3.05) is 5.32 Å². The number of hydrogen-bond acceptors (Lipinski definition) is 2. The van der Waals surface area contributed by atoms with E-state index in [1.165, 1.54) is 0 Å². The molecule has 0 bridgehead atoms. The van der Waals surface area contributed by atoms with Gasteiger partial charge in [0.2, 0.25) is 0 Å². The third kappa shape index (κ3) is 3.15. The summed E-state index contributed by atoms with van der Waals surface area (Å²) in [6.45, 7) is 5.98. The van der Waals surface area contributed by atoms with Crippen LogP contribution in [-0.4, -0.2) is 16.1 Å². The Morgan fingerprint density at radius 2 is 2.11 bits per heavy atom. The monoisotopic (exact) mass is 277 g/mol. The second kappa shape index (κ2) is 5.45. The van der Waals surface area contributed by atoms with Crippen LogP contribution in [0.1, 0.15) is 41.4 Å². The predicted octanol–water partition coefficient (Wildman–Crippen LogP) is 3.75. The van der Waals surface area contributed by atoms with Crippen molar-refractivity contribution in [3.63, 3.8) is 0 Å². The molecule has 1 heterocycles. The van der Waals surface area contributed by atoms with Crippen LogP contribution in [0.5, 0.6) is 0 Å². The number of H-pyrrole nitrogens is 1. The minimum atomic E-state index is -0.193. The van der Waals surface area contributed by atoms with Crippen LogP contribution in [0.25, 0.3) is 0 Å². The Labute approximate surface area is 117 Å². The zero-order chi connectivity index (χ0) is 14.0. The van der Waals surface area contributed by atoms with Crippen LogP contribution in [-0.2, 0) is 0 Å². The van der Waals surface area contributed by atoms with Gasteiger partial charge in [-0.05, 0) is 36.6 Å². The number of benzene rings is 1. The van der Waals surface area contributed by atoms with Crippen molar-refractivity contribution >= 4 is 23.3 Å². The molecule has 5 heteroatoms. The van der Waals surface area contributed by atoms with Crippen LogP contribution in [0.3, 0.4) is 0 Å². The molecule has 0 saturated carbocycles. The highest BCUT2D eigenvalue weighted by Gasteiger charge is 2.10. The fraction of sp³-hybridized carbons (Fsp3) is 0.286. The van der Waals surface area contributed by atoms with E-state index >= 15 is 0 Å². The first kappa shape index (κ1) is 13.6. The predicted molar refractivity (Wildman–Crippen MR) is 76.8 cm³/mol. The van der Waals surface area contributed by atoms with E-state index in [1.807, 2.05) is 13.0 Å². The number of carbonyl (C=O) groups is 1. The summed E-state index contributed by atoms with van der Waals surface area (Å²) in [5.41, 5.74) is 2.43. The molecule has 0 fully saturated rings. The molecule has 2 rings (SSSR count). The van der Waals surface area contributed by atoms with Gasteiger partial charge in [-0.3, -0.25) is 9.89 Å². The topological polar surface area (TPSA) is 57.8 Å². The average Bonchev–Trinajstić information content (AvgIpc) is 2.81. The number of amides is 1. The van der Waals surface area contributed by atoms with E-state index in [0.717, 1.165) is 11.3 Å². The molecule has 1 amide bonds. The number of aromatic amines is 1. The third-order valence-electron chi connectivity index (χ3n) is 2.88. The van der Waals surface area contributed by atoms with E-state index in [4.69, 9.17) is 11.6 Å². The minimum absolute atomic E-state index is 0.193. The Hall–Kier alpha value is -1.81. The molecule has 1 aromatic heterocycles. The zero-order valence-corrected chi connectivity index (χ0v) is 11.9. The van der Waals surface area contributed by atoms with E-state index in [0.29, 0.717) is 22.3 Å². The first-order valence-electron chi connectivity index (χ1n) is 6.10. The molecule has 4 nitrogen and oxygen atoms in total. The van der Waals surface area contributed by atoms with Gasteiger partial charge < -0.3 is 5.32 Å². The van der Waals surface area contributed by atoms with Crippen LogP contribution in [0.2, 0.25) is 5.02 Å². The molecule has 2 N–H and O–H groups in total. The van der Waals surface area contributed by atoms with E-state index in [9.17, 15) is 4.79 Å². The maximum Gasteiger partial charge on any atom is 0.256 e. The van der Waals surface area contributed by atoms with Gasteiger partial charge in [-0.25, -0.2) is 0 Å². The molecule has 0 spiro atoms. The van der Waals surface area contributed by atoms with E-state index in [-0.39, 0.29) is 5.91 Å². The Kier molecular flexibility index (Phi) is 3.90. The molecular formula is C14H16ClN3O. The molecule has 0 aliphatic carbocycles. The molecule has 100 valence electrons.